The predicted octanol–water partition coefficient (Wildman–Crippen LogP) is 5.19. The summed E-state index contributed by atoms with van der Waals surface area (Å²) < 4.78 is 119. The molecule has 0 nitrogen and oxygen atoms in total. The third kappa shape index (κ3) is 6.05. The zero-order valence-corrected chi connectivity index (χ0v) is 30.2. The minimum absolute atomic E-state index is 0. The topological polar surface area (TPSA) is 0 Å². The summed E-state index contributed by atoms with van der Waals surface area (Å²) in [5.74, 6) is 0. The molecule has 1 aromatic heterocycles. The van der Waals surface area contributed by atoms with Crippen molar-refractivity contribution >= 4 is 35.4 Å². The third-order valence-electron chi connectivity index (χ3n) is 8.41. The van der Waals surface area contributed by atoms with Gasteiger partial charge in [0.2, 0.25) is 0 Å². The summed E-state index contributed by atoms with van der Waals surface area (Å²) in [5, 5.41) is 3.25. The van der Waals surface area contributed by atoms with E-state index in [1.54, 1.807) is 52.4 Å². The average molecular weight is 792 g/mol. The fourth-order valence-electron chi connectivity index (χ4n) is 6.80. The number of hydrogen-bond acceptors (Lipinski definition) is 1. The number of hydrogen-bond donors (Lipinski definition) is 0. The SMILES string of the molecule is CC1=C2c3cc(C)sc3C1[Si]2(C)C.Cc1cc2c(-c3ccc(C(C(F)(F)F)(C(F)(F)F)C(F)(F)F)cc3)cccc2[cH-]1.[Cl-].[Cl-].[Zr+3]. The van der Waals surface area contributed by atoms with Crippen molar-refractivity contribution in [3.8, 4) is 11.1 Å². The van der Waals surface area contributed by atoms with E-state index in [-0.39, 0.29) is 68.7 Å². The Labute approximate surface area is 291 Å². The Balaban J connectivity index is 0.000000369. The van der Waals surface area contributed by atoms with Crippen molar-refractivity contribution < 1.29 is 90.5 Å². The third-order valence-corrected chi connectivity index (χ3v) is 13.9. The summed E-state index contributed by atoms with van der Waals surface area (Å²) >= 11 is 2.03. The van der Waals surface area contributed by atoms with Crippen LogP contribution in [0.25, 0.3) is 27.1 Å². The summed E-state index contributed by atoms with van der Waals surface area (Å²) in [6, 6.07) is 13.1. The van der Waals surface area contributed by atoms with Crippen LogP contribution < -0.4 is 24.8 Å². The van der Waals surface area contributed by atoms with Gasteiger partial charge < -0.3 is 24.8 Å². The van der Waals surface area contributed by atoms with E-state index in [0.29, 0.717) is 10.9 Å². The molecule has 0 saturated heterocycles. The molecule has 0 saturated carbocycles. The van der Waals surface area contributed by atoms with Gasteiger partial charge in [0.05, 0.1) is 8.07 Å². The van der Waals surface area contributed by atoms with Crippen LogP contribution in [0, 0.1) is 13.8 Å². The maximum Gasteiger partial charge on any atom is 3.00 e. The Morgan fingerprint density at radius 3 is 1.73 bits per heavy atom. The minimum atomic E-state index is -6.63. The molecule has 1 atom stereocenters. The van der Waals surface area contributed by atoms with E-state index in [4.69, 9.17) is 0 Å². The average Bonchev–Trinajstić information content (AvgIpc) is 3.50. The number of rotatable bonds is 2. The van der Waals surface area contributed by atoms with E-state index in [2.05, 4.69) is 33.0 Å². The molecule has 241 valence electrons. The summed E-state index contributed by atoms with van der Waals surface area (Å²) in [6.45, 7) is 11.4. The molecule has 3 heterocycles. The summed E-state index contributed by atoms with van der Waals surface area (Å²) in [7, 11) is -0.995. The van der Waals surface area contributed by atoms with E-state index in [0.717, 1.165) is 28.6 Å². The van der Waals surface area contributed by atoms with Crippen molar-refractivity contribution in [3.63, 3.8) is 0 Å². The van der Waals surface area contributed by atoms with Crippen LogP contribution in [0.2, 0.25) is 13.1 Å². The van der Waals surface area contributed by atoms with Crippen molar-refractivity contribution in [2.24, 2.45) is 0 Å². The standard InChI is InChI=1S/C20H12F9.C11H14SSi.2ClH.Zr/c1-11-9-13-3-2-4-15(16(13)10-11)12-5-7-14(8-6-12)17(18(21,22)23,19(24,25)26)20(27,28)29;1-6-5-8-9(12-6)11-7(2)10(8)13(11,3)4;;;/h2-10H,1H3;5,11H,1-4H3;2*1H;/q-1;;;;+3/p-2. The van der Waals surface area contributed by atoms with Crippen molar-refractivity contribution in [1.82, 2.24) is 0 Å². The van der Waals surface area contributed by atoms with Crippen LogP contribution in [0.1, 0.15) is 38.9 Å². The van der Waals surface area contributed by atoms with E-state index in [1.165, 1.54) is 4.88 Å². The molecule has 14 heteroatoms. The normalized spacial score (nSPS) is 16.9. The molecule has 3 aromatic carbocycles. The first-order valence-electron chi connectivity index (χ1n) is 13.0. The Hall–Kier alpha value is -1.46. The number of fused-ring (bicyclic) bond motifs is 1. The summed E-state index contributed by atoms with van der Waals surface area (Å²) in [5.41, 5.74) is -2.14. The maximum atomic E-state index is 13.2. The largest absolute Gasteiger partial charge is 3.00 e. The van der Waals surface area contributed by atoms with Crippen molar-refractivity contribution in [1.29, 1.82) is 0 Å². The molecule has 7 rings (SSSR count). The van der Waals surface area contributed by atoms with E-state index in [9.17, 15) is 39.5 Å². The van der Waals surface area contributed by atoms with Gasteiger partial charge in [-0.25, -0.2) is 0 Å². The zero-order valence-electron chi connectivity index (χ0n) is 24.4. The van der Waals surface area contributed by atoms with Gasteiger partial charge in [0.25, 0.3) is 5.41 Å². The monoisotopic (exact) mass is 789 g/mol. The fraction of sp³-hybridized carbons (Fsp3) is 0.323. The van der Waals surface area contributed by atoms with Gasteiger partial charge in [-0.05, 0) is 36.6 Å². The van der Waals surface area contributed by atoms with Gasteiger partial charge in [0.1, 0.15) is 0 Å². The predicted molar refractivity (Wildman–Crippen MR) is 151 cm³/mol. The molecule has 0 amide bonds. The number of aryl methyl sites for hydroxylation is 2. The van der Waals surface area contributed by atoms with Gasteiger partial charge in [-0.15, -0.1) is 45.9 Å². The number of halogens is 11. The molecule has 2 aliphatic heterocycles. The first-order chi connectivity index (χ1) is 19.2. The summed E-state index contributed by atoms with van der Waals surface area (Å²) in [4.78, 5) is 3.19. The second kappa shape index (κ2) is 12.9. The Kier molecular flexibility index (Phi) is 11.4. The first kappa shape index (κ1) is 39.7. The Bertz CT molecular complexity index is 1680. The molecule has 4 aromatic rings. The summed E-state index contributed by atoms with van der Waals surface area (Å²) in [6.07, 6.45) is -19.9. The fourth-order valence-corrected chi connectivity index (χ4v) is 13.2. The van der Waals surface area contributed by atoms with Gasteiger partial charge in [-0.1, -0.05) is 66.7 Å². The molecule has 2 bridgehead atoms. The number of alkyl halides is 9. The van der Waals surface area contributed by atoms with Crippen LogP contribution in [0.3, 0.4) is 0 Å². The van der Waals surface area contributed by atoms with E-state index >= 15 is 0 Å². The van der Waals surface area contributed by atoms with Crippen LogP contribution in [-0.4, -0.2) is 26.6 Å². The molecular formula is C31H26Cl2F9SSiZr. The molecule has 0 spiro atoms. The smallest absolute Gasteiger partial charge is 1.00 e. The molecule has 0 fully saturated rings. The van der Waals surface area contributed by atoms with Crippen molar-refractivity contribution in [2.75, 3.05) is 0 Å². The van der Waals surface area contributed by atoms with Crippen LogP contribution in [-0.2, 0) is 31.6 Å². The van der Waals surface area contributed by atoms with Crippen LogP contribution in [0.15, 0.2) is 66.2 Å². The molecule has 45 heavy (non-hydrogen) atoms. The number of benzene rings is 2. The van der Waals surface area contributed by atoms with E-state index < -0.39 is 37.6 Å². The van der Waals surface area contributed by atoms with Gasteiger partial charge in [0.15, 0.2) is 0 Å². The van der Waals surface area contributed by atoms with Gasteiger partial charge >= 0.3 is 44.7 Å². The molecule has 3 aliphatic rings. The second-order valence-corrected chi connectivity index (χ2v) is 17.3. The first-order valence-corrected chi connectivity index (χ1v) is 16.9. The van der Waals surface area contributed by atoms with E-state index in [1.807, 2.05) is 17.4 Å². The van der Waals surface area contributed by atoms with Crippen LogP contribution in [0.4, 0.5) is 39.5 Å². The molecule has 0 N–H and O–H groups in total. The van der Waals surface area contributed by atoms with Crippen molar-refractivity contribution in [2.45, 2.75) is 63.4 Å². The minimum Gasteiger partial charge on any atom is -1.00 e. The second-order valence-electron chi connectivity index (χ2n) is 11.5. The van der Waals surface area contributed by atoms with Crippen LogP contribution >= 0.6 is 11.3 Å². The van der Waals surface area contributed by atoms with Gasteiger partial charge in [-0.2, -0.15) is 45.6 Å². The molecule has 1 aliphatic carbocycles. The number of thiophene rings is 1. The van der Waals surface area contributed by atoms with Gasteiger partial charge in [-0.3, -0.25) is 0 Å². The zero-order chi connectivity index (χ0) is 31.2. The molecule has 1 unspecified atom stereocenters. The van der Waals surface area contributed by atoms with Crippen LogP contribution in [0.5, 0.6) is 0 Å². The van der Waals surface area contributed by atoms with Crippen molar-refractivity contribution in [3.05, 3.63) is 92.7 Å². The van der Waals surface area contributed by atoms with Gasteiger partial charge in [0, 0.05) is 15.3 Å². The Morgan fingerprint density at radius 2 is 1.27 bits per heavy atom. The number of allylic oxidation sites excluding steroid dienone is 1. The maximum absolute atomic E-state index is 13.2. The Morgan fingerprint density at radius 1 is 0.733 bits per heavy atom. The molecular weight excluding hydrogens is 766 g/mol. The molecule has 1 radical (unpaired) electrons. The quantitative estimate of drug-likeness (QED) is 0.149.